The van der Waals surface area contributed by atoms with Crippen molar-refractivity contribution in [3.8, 4) is 0 Å². The Kier molecular flexibility index (Phi) is 34.8. The molecule has 0 spiro atoms. The molecule has 0 saturated carbocycles. The van der Waals surface area contributed by atoms with Crippen LogP contribution >= 0.6 is 72.1 Å². The van der Waals surface area contributed by atoms with Gasteiger partial charge < -0.3 is 28.4 Å². The molecule has 0 aromatic heterocycles. The lowest BCUT2D eigenvalue weighted by molar-refractivity contribution is -0.0591. The van der Waals surface area contributed by atoms with Gasteiger partial charge in [-0.15, -0.1) is 0 Å². The van der Waals surface area contributed by atoms with Crippen molar-refractivity contribution in [3.63, 3.8) is 0 Å². The molecule has 0 aliphatic rings. The molecular formula is C24H50O6S6. The first kappa shape index (κ1) is 37.9. The van der Waals surface area contributed by atoms with E-state index >= 15 is 0 Å². The van der Waals surface area contributed by atoms with E-state index in [-0.39, 0.29) is 12.2 Å². The highest BCUT2D eigenvalue weighted by atomic mass is 33.1. The van der Waals surface area contributed by atoms with Crippen LogP contribution in [0.1, 0.15) is 38.5 Å². The Morgan fingerprint density at radius 2 is 0.722 bits per heavy atom. The number of hydrogen-bond acceptors (Lipinski definition) is 12. The van der Waals surface area contributed by atoms with Gasteiger partial charge in [-0.25, -0.2) is 0 Å². The third-order valence-electron chi connectivity index (χ3n) is 4.54. The van der Waals surface area contributed by atoms with Gasteiger partial charge in [0.1, 0.15) is 12.2 Å². The van der Waals surface area contributed by atoms with Gasteiger partial charge in [-0.3, -0.25) is 0 Å². The van der Waals surface area contributed by atoms with Gasteiger partial charge in [0, 0.05) is 51.1 Å². The fraction of sp³-hybridized carbons (Fsp3) is 1.00. The van der Waals surface area contributed by atoms with Gasteiger partial charge in [-0.2, -0.15) is 50.5 Å². The first-order chi connectivity index (χ1) is 17.8. The summed E-state index contributed by atoms with van der Waals surface area (Å²) in [6.07, 6.45) is 5.79. The van der Waals surface area contributed by atoms with Gasteiger partial charge in [-0.1, -0.05) is 21.6 Å². The van der Waals surface area contributed by atoms with Crippen molar-refractivity contribution < 1.29 is 28.4 Å². The highest BCUT2D eigenvalue weighted by Gasteiger charge is 2.11. The molecule has 0 fully saturated rings. The third-order valence-corrected chi connectivity index (χ3v) is 8.38. The fourth-order valence-electron chi connectivity index (χ4n) is 2.67. The maximum atomic E-state index is 5.86. The maximum absolute atomic E-state index is 5.86. The van der Waals surface area contributed by atoms with E-state index in [1.807, 2.05) is 21.6 Å². The zero-order valence-electron chi connectivity index (χ0n) is 21.8. The van der Waals surface area contributed by atoms with Crippen LogP contribution in [-0.4, -0.2) is 113 Å². The van der Waals surface area contributed by atoms with Crippen molar-refractivity contribution in [3.05, 3.63) is 0 Å². The summed E-state index contributed by atoms with van der Waals surface area (Å²) in [6, 6.07) is 0. The summed E-state index contributed by atoms with van der Waals surface area (Å²) in [5.74, 6) is 5.46. The van der Waals surface area contributed by atoms with E-state index in [1.54, 1.807) is 0 Å². The van der Waals surface area contributed by atoms with Crippen molar-refractivity contribution in [2.45, 2.75) is 50.7 Å². The fourth-order valence-corrected chi connectivity index (χ4v) is 5.31. The predicted octanol–water partition coefficient (Wildman–Crippen LogP) is 5.26. The van der Waals surface area contributed by atoms with E-state index in [9.17, 15) is 0 Å². The van der Waals surface area contributed by atoms with Crippen LogP contribution in [-0.2, 0) is 28.4 Å². The van der Waals surface area contributed by atoms with Crippen LogP contribution in [0.2, 0.25) is 0 Å². The zero-order valence-corrected chi connectivity index (χ0v) is 27.0. The van der Waals surface area contributed by atoms with E-state index in [2.05, 4.69) is 50.5 Å². The molecule has 36 heavy (non-hydrogen) atoms. The van der Waals surface area contributed by atoms with Gasteiger partial charge in [0.25, 0.3) is 0 Å². The van der Waals surface area contributed by atoms with Gasteiger partial charge in [0.2, 0.25) is 0 Å². The zero-order chi connectivity index (χ0) is 26.4. The molecule has 218 valence electrons. The van der Waals surface area contributed by atoms with Crippen molar-refractivity contribution in [2.24, 2.45) is 0 Å². The second-order valence-corrected chi connectivity index (χ2v) is 12.4. The molecule has 0 bridgehead atoms. The van der Waals surface area contributed by atoms with Gasteiger partial charge in [0.05, 0.1) is 26.4 Å². The van der Waals surface area contributed by atoms with Crippen LogP contribution in [0.4, 0.5) is 0 Å². The predicted molar refractivity (Wildman–Crippen MR) is 171 cm³/mol. The van der Waals surface area contributed by atoms with Gasteiger partial charge in [0.15, 0.2) is 0 Å². The molecule has 2 atom stereocenters. The van der Waals surface area contributed by atoms with E-state index in [4.69, 9.17) is 28.4 Å². The molecule has 0 aromatic carbocycles. The molecule has 0 aliphatic heterocycles. The van der Waals surface area contributed by atoms with E-state index in [1.165, 1.54) is 0 Å². The van der Waals surface area contributed by atoms with Crippen molar-refractivity contribution in [2.75, 3.05) is 101 Å². The Morgan fingerprint density at radius 3 is 1.06 bits per heavy atom. The van der Waals surface area contributed by atoms with Crippen LogP contribution in [0.15, 0.2) is 0 Å². The quantitative estimate of drug-likeness (QED) is 0.0472. The summed E-state index contributed by atoms with van der Waals surface area (Å²) in [5, 5.41) is 0. The Labute approximate surface area is 250 Å². The molecule has 0 N–H and O–H groups in total. The number of rotatable bonds is 31. The van der Waals surface area contributed by atoms with Crippen molar-refractivity contribution >= 4 is 72.1 Å². The van der Waals surface area contributed by atoms with Gasteiger partial charge >= 0.3 is 0 Å². The topological polar surface area (TPSA) is 55.4 Å². The average Bonchev–Trinajstić information content (AvgIpc) is 2.89. The molecule has 0 heterocycles. The number of ether oxygens (including phenoxy) is 6. The van der Waals surface area contributed by atoms with Crippen LogP contribution < -0.4 is 0 Å². The summed E-state index contributed by atoms with van der Waals surface area (Å²) < 4.78 is 34.7. The molecule has 12 heteroatoms. The largest absolute Gasteiger partial charge is 0.379 e. The van der Waals surface area contributed by atoms with Crippen LogP contribution in [0.3, 0.4) is 0 Å². The summed E-state index contributed by atoms with van der Waals surface area (Å²) in [4.78, 5) is 0. The van der Waals surface area contributed by atoms with E-state index in [0.29, 0.717) is 52.9 Å². The lowest BCUT2D eigenvalue weighted by atomic mass is 10.4. The number of thiol groups is 4. The van der Waals surface area contributed by atoms with Crippen LogP contribution in [0.5, 0.6) is 0 Å². The minimum atomic E-state index is -0.0144. The summed E-state index contributed by atoms with van der Waals surface area (Å²) in [5.41, 5.74) is 0. The minimum absolute atomic E-state index is 0.0144. The minimum Gasteiger partial charge on any atom is -0.379 e. The Morgan fingerprint density at radius 1 is 0.417 bits per heavy atom. The standard InChI is InChI=1S/C24H50O6S6/c31-13-1-7-25-19-23(29-11-3-15-33)21-27-9-5-17-35-36-18-6-10-28-22-24(30-12-4-16-34)20-26-8-2-14-32/h23-24,31-34H,1-22H2. The lowest BCUT2D eigenvalue weighted by Crippen LogP contribution is -2.27. The highest BCUT2D eigenvalue weighted by Crippen LogP contribution is 2.22. The first-order valence-corrected chi connectivity index (χ1v) is 18.0. The average molecular weight is 627 g/mol. The monoisotopic (exact) mass is 626 g/mol. The molecule has 0 aliphatic carbocycles. The molecule has 0 aromatic rings. The Balaban J connectivity index is 3.68. The lowest BCUT2D eigenvalue weighted by Gasteiger charge is -2.18. The van der Waals surface area contributed by atoms with Crippen LogP contribution in [0, 0.1) is 0 Å². The summed E-state index contributed by atoms with van der Waals surface area (Å²) in [6.45, 7) is 6.57. The van der Waals surface area contributed by atoms with Crippen LogP contribution in [0.25, 0.3) is 0 Å². The second kappa shape index (κ2) is 33.1. The maximum Gasteiger partial charge on any atom is 0.104 e. The summed E-state index contributed by atoms with van der Waals surface area (Å²) in [7, 11) is 3.79. The van der Waals surface area contributed by atoms with Crippen molar-refractivity contribution in [1.29, 1.82) is 0 Å². The molecule has 0 radical (unpaired) electrons. The van der Waals surface area contributed by atoms with E-state index in [0.717, 1.165) is 86.3 Å². The smallest absolute Gasteiger partial charge is 0.104 e. The SMILES string of the molecule is SCCCOCC(COCCCSSCCCOCC(COCCCS)OCCCS)OCCCS. The Bertz CT molecular complexity index is 381. The summed E-state index contributed by atoms with van der Waals surface area (Å²) >= 11 is 16.9. The second-order valence-electron chi connectivity index (χ2n) is 7.94. The highest BCUT2D eigenvalue weighted by molar-refractivity contribution is 8.76. The van der Waals surface area contributed by atoms with Crippen molar-refractivity contribution in [1.82, 2.24) is 0 Å². The third kappa shape index (κ3) is 28.9. The molecule has 0 amide bonds. The molecule has 0 saturated heterocycles. The Hall–Kier alpha value is 1.86. The normalized spacial score (nSPS) is 13.3. The molecule has 6 nitrogen and oxygen atoms in total. The first-order valence-electron chi connectivity index (χ1n) is 13.0. The molecular weight excluding hydrogens is 577 g/mol. The number of hydrogen-bond donors (Lipinski definition) is 4. The van der Waals surface area contributed by atoms with E-state index < -0.39 is 0 Å². The van der Waals surface area contributed by atoms with Gasteiger partial charge in [-0.05, 0) is 61.5 Å². The molecule has 0 rings (SSSR count). The molecule has 2 unspecified atom stereocenters.